The minimum atomic E-state index is -0.470. The van der Waals surface area contributed by atoms with Crippen LogP contribution in [0.3, 0.4) is 0 Å². The molecule has 0 unspecified atom stereocenters. The highest BCUT2D eigenvalue weighted by Crippen LogP contribution is 2.38. The number of aromatic nitrogens is 2. The highest BCUT2D eigenvalue weighted by molar-refractivity contribution is 8.00. The van der Waals surface area contributed by atoms with Gasteiger partial charge in [0.1, 0.15) is 16.7 Å². The first-order valence-corrected chi connectivity index (χ1v) is 10.1. The third-order valence-corrected chi connectivity index (χ3v) is 5.62. The Morgan fingerprint density at radius 2 is 1.93 bits per heavy atom. The number of hydrogen-bond acceptors (Lipinski definition) is 7. The van der Waals surface area contributed by atoms with Gasteiger partial charge in [0.05, 0.1) is 19.8 Å². The molecule has 0 aliphatic heterocycles. The molecule has 0 bridgehead atoms. The van der Waals surface area contributed by atoms with E-state index in [0.717, 1.165) is 18.4 Å². The first-order chi connectivity index (χ1) is 14.2. The van der Waals surface area contributed by atoms with Crippen molar-refractivity contribution in [2.45, 2.75) is 29.4 Å². The molecule has 1 amide bonds. The van der Waals surface area contributed by atoms with Crippen LogP contribution in [0.1, 0.15) is 23.7 Å². The number of rotatable bonds is 8. The Morgan fingerprint density at radius 3 is 2.62 bits per heavy atom. The molecule has 1 saturated carbocycles. The van der Waals surface area contributed by atoms with Crippen molar-refractivity contribution in [1.29, 1.82) is 0 Å². The van der Waals surface area contributed by atoms with E-state index in [9.17, 15) is 4.79 Å². The summed E-state index contributed by atoms with van der Waals surface area (Å²) in [6, 6.07) is 15.2. The Hall–Kier alpha value is -3.00. The van der Waals surface area contributed by atoms with Gasteiger partial charge in [0.15, 0.2) is 0 Å². The second-order valence-electron chi connectivity index (χ2n) is 6.63. The van der Waals surface area contributed by atoms with Gasteiger partial charge in [-0.1, -0.05) is 30.3 Å². The van der Waals surface area contributed by atoms with Gasteiger partial charge in [0, 0.05) is 12.1 Å². The minimum absolute atomic E-state index is 0.0505. The van der Waals surface area contributed by atoms with Crippen molar-refractivity contribution in [2.75, 3.05) is 14.2 Å². The SMILES string of the molecule is COc1ccc(-c2nnc(S[C@H](C(=O)NC3CC3)c3ccccc3)o2)c(OC)c1. The number of nitrogens with one attached hydrogen (secondary N) is 1. The topological polar surface area (TPSA) is 86.5 Å². The van der Waals surface area contributed by atoms with Crippen molar-refractivity contribution in [3.05, 3.63) is 54.1 Å². The number of methoxy groups -OCH3 is 2. The van der Waals surface area contributed by atoms with E-state index in [1.165, 1.54) is 11.8 Å². The third-order valence-electron chi connectivity index (χ3n) is 4.53. The van der Waals surface area contributed by atoms with Crippen LogP contribution in [0, 0.1) is 0 Å². The molecule has 29 heavy (non-hydrogen) atoms. The predicted octanol–water partition coefficient (Wildman–Crippen LogP) is 3.87. The maximum atomic E-state index is 12.8. The summed E-state index contributed by atoms with van der Waals surface area (Å²) in [6.07, 6.45) is 2.06. The van der Waals surface area contributed by atoms with Crippen LogP contribution in [0.25, 0.3) is 11.5 Å². The van der Waals surface area contributed by atoms with Crippen molar-refractivity contribution in [3.63, 3.8) is 0 Å². The molecule has 2 aromatic carbocycles. The Balaban J connectivity index is 1.58. The average Bonchev–Trinajstić information content (AvgIpc) is 3.46. The van der Waals surface area contributed by atoms with E-state index < -0.39 is 5.25 Å². The molecule has 1 N–H and O–H groups in total. The molecule has 1 atom stereocenters. The van der Waals surface area contributed by atoms with Crippen LogP contribution in [0.15, 0.2) is 58.2 Å². The zero-order valence-electron chi connectivity index (χ0n) is 16.1. The van der Waals surface area contributed by atoms with Gasteiger partial charge in [-0.25, -0.2) is 0 Å². The highest BCUT2D eigenvalue weighted by atomic mass is 32.2. The normalized spacial score (nSPS) is 14.3. The summed E-state index contributed by atoms with van der Waals surface area (Å²) in [6.45, 7) is 0. The van der Waals surface area contributed by atoms with Crippen LogP contribution < -0.4 is 14.8 Å². The molecule has 1 heterocycles. The fraction of sp³-hybridized carbons (Fsp3) is 0.286. The fourth-order valence-electron chi connectivity index (χ4n) is 2.85. The predicted molar refractivity (Wildman–Crippen MR) is 109 cm³/mol. The van der Waals surface area contributed by atoms with Gasteiger partial charge >= 0.3 is 0 Å². The Labute approximate surface area is 172 Å². The van der Waals surface area contributed by atoms with E-state index >= 15 is 0 Å². The fourth-order valence-corrected chi connectivity index (χ4v) is 3.73. The number of benzene rings is 2. The standard InChI is InChI=1S/C21H21N3O4S/c1-26-15-10-11-16(17(12-15)27-2)20-23-24-21(28-20)29-18(13-6-4-3-5-7-13)19(25)22-14-8-9-14/h3-7,10-12,14,18H,8-9H2,1-2H3,(H,22,25)/t18-/m0/s1. The lowest BCUT2D eigenvalue weighted by atomic mass is 10.1. The molecule has 0 saturated heterocycles. The molecule has 1 aliphatic rings. The van der Waals surface area contributed by atoms with Crippen LogP contribution in [0.2, 0.25) is 0 Å². The highest BCUT2D eigenvalue weighted by Gasteiger charge is 2.30. The van der Waals surface area contributed by atoms with E-state index in [1.54, 1.807) is 32.4 Å². The van der Waals surface area contributed by atoms with Crippen molar-refractivity contribution >= 4 is 17.7 Å². The number of ether oxygens (including phenoxy) is 2. The van der Waals surface area contributed by atoms with Crippen molar-refractivity contribution < 1.29 is 18.7 Å². The van der Waals surface area contributed by atoms with E-state index in [2.05, 4.69) is 15.5 Å². The maximum absolute atomic E-state index is 12.8. The lowest BCUT2D eigenvalue weighted by Crippen LogP contribution is -2.29. The monoisotopic (exact) mass is 411 g/mol. The summed E-state index contributed by atoms with van der Waals surface area (Å²) in [5.74, 6) is 1.50. The lowest BCUT2D eigenvalue weighted by Gasteiger charge is -2.14. The third kappa shape index (κ3) is 4.54. The van der Waals surface area contributed by atoms with E-state index in [1.807, 2.05) is 30.3 Å². The summed E-state index contributed by atoms with van der Waals surface area (Å²) >= 11 is 1.24. The summed E-state index contributed by atoms with van der Waals surface area (Å²) in [7, 11) is 3.16. The largest absolute Gasteiger partial charge is 0.497 e. The van der Waals surface area contributed by atoms with E-state index in [-0.39, 0.29) is 11.9 Å². The molecule has 4 rings (SSSR count). The molecule has 1 aromatic heterocycles. The van der Waals surface area contributed by atoms with Crippen LogP contribution in [-0.4, -0.2) is 36.4 Å². The second kappa shape index (κ2) is 8.57. The number of nitrogens with zero attached hydrogens (tertiary/aromatic N) is 2. The maximum Gasteiger partial charge on any atom is 0.277 e. The number of amides is 1. The summed E-state index contributed by atoms with van der Waals surface area (Å²) in [4.78, 5) is 12.8. The summed E-state index contributed by atoms with van der Waals surface area (Å²) in [5.41, 5.74) is 1.55. The molecular weight excluding hydrogens is 390 g/mol. The number of hydrogen-bond donors (Lipinski definition) is 1. The van der Waals surface area contributed by atoms with Crippen molar-refractivity contribution in [3.8, 4) is 23.0 Å². The zero-order chi connectivity index (χ0) is 20.2. The van der Waals surface area contributed by atoms with Gasteiger partial charge in [-0.05, 0) is 42.3 Å². The summed E-state index contributed by atoms with van der Waals surface area (Å²) in [5, 5.41) is 11.2. The molecule has 7 nitrogen and oxygen atoms in total. The van der Waals surface area contributed by atoms with Crippen LogP contribution >= 0.6 is 11.8 Å². The smallest absolute Gasteiger partial charge is 0.277 e. The first-order valence-electron chi connectivity index (χ1n) is 9.26. The first kappa shape index (κ1) is 19.3. The summed E-state index contributed by atoms with van der Waals surface area (Å²) < 4.78 is 16.5. The molecule has 8 heteroatoms. The molecule has 3 aromatic rings. The Morgan fingerprint density at radius 1 is 1.14 bits per heavy atom. The second-order valence-corrected chi connectivity index (χ2v) is 7.69. The van der Waals surface area contributed by atoms with Crippen molar-refractivity contribution in [2.24, 2.45) is 0 Å². The minimum Gasteiger partial charge on any atom is -0.497 e. The number of thioether (sulfide) groups is 1. The Kier molecular flexibility index (Phi) is 5.71. The van der Waals surface area contributed by atoms with Gasteiger partial charge in [-0.3, -0.25) is 4.79 Å². The van der Waals surface area contributed by atoms with Crippen LogP contribution in [-0.2, 0) is 4.79 Å². The van der Waals surface area contributed by atoms with E-state index in [0.29, 0.717) is 28.2 Å². The zero-order valence-corrected chi connectivity index (χ0v) is 16.9. The molecule has 150 valence electrons. The molecule has 0 radical (unpaired) electrons. The Bertz CT molecular complexity index is 989. The molecular formula is C21H21N3O4S. The molecule has 1 fully saturated rings. The van der Waals surface area contributed by atoms with Gasteiger partial charge in [0.2, 0.25) is 5.91 Å². The molecule has 1 aliphatic carbocycles. The number of carbonyl (C=O) groups excluding carboxylic acids is 1. The van der Waals surface area contributed by atoms with Gasteiger partial charge < -0.3 is 19.2 Å². The number of carbonyl (C=O) groups is 1. The van der Waals surface area contributed by atoms with Crippen molar-refractivity contribution in [1.82, 2.24) is 15.5 Å². The quantitative estimate of drug-likeness (QED) is 0.563. The van der Waals surface area contributed by atoms with Crippen LogP contribution in [0.5, 0.6) is 11.5 Å². The van der Waals surface area contributed by atoms with Crippen LogP contribution in [0.4, 0.5) is 0 Å². The van der Waals surface area contributed by atoms with Gasteiger partial charge in [0.25, 0.3) is 11.1 Å². The van der Waals surface area contributed by atoms with Gasteiger partial charge in [-0.2, -0.15) is 0 Å². The van der Waals surface area contributed by atoms with Gasteiger partial charge in [-0.15, -0.1) is 10.2 Å². The van der Waals surface area contributed by atoms with E-state index in [4.69, 9.17) is 13.9 Å². The lowest BCUT2D eigenvalue weighted by molar-refractivity contribution is -0.120. The average molecular weight is 411 g/mol. The molecule has 0 spiro atoms.